The van der Waals surface area contributed by atoms with Crippen molar-refractivity contribution in [3.8, 4) is 5.69 Å². The van der Waals surface area contributed by atoms with E-state index < -0.39 is 0 Å². The minimum atomic E-state index is -0.305. The number of carbonyl (C=O) groups is 2. The van der Waals surface area contributed by atoms with Gasteiger partial charge in [0.15, 0.2) is 0 Å². The standard InChI is InChI=1S/C25H21ClN4O2/c1-16-23(17(2)30(29-16)22-12-4-3-5-13-22)28-25(32)19-9-7-11-21(15-19)27-24(31)18-8-6-10-20(26)14-18/h3-15H,1-2H3,(H,27,31)(H,28,32). The first-order valence-electron chi connectivity index (χ1n) is 10.0. The lowest BCUT2D eigenvalue weighted by Crippen LogP contribution is -2.15. The highest BCUT2D eigenvalue weighted by molar-refractivity contribution is 6.31. The Balaban J connectivity index is 1.53. The number of nitrogens with one attached hydrogen (secondary N) is 2. The molecule has 2 N–H and O–H groups in total. The third kappa shape index (κ3) is 4.55. The number of halogens is 1. The van der Waals surface area contributed by atoms with Crippen LogP contribution in [0.4, 0.5) is 11.4 Å². The average Bonchev–Trinajstić information content (AvgIpc) is 3.08. The molecule has 1 heterocycles. The van der Waals surface area contributed by atoms with Crippen molar-refractivity contribution in [3.63, 3.8) is 0 Å². The summed E-state index contributed by atoms with van der Waals surface area (Å²) in [6, 6.07) is 23.2. The van der Waals surface area contributed by atoms with E-state index in [-0.39, 0.29) is 11.8 Å². The molecular formula is C25H21ClN4O2. The number of benzene rings is 3. The molecule has 32 heavy (non-hydrogen) atoms. The number of carbonyl (C=O) groups excluding carboxylic acids is 2. The van der Waals surface area contributed by atoms with Gasteiger partial charge >= 0.3 is 0 Å². The molecule has 0 bridgehead atoms. The van der Waals surface area contributed by atoms with Crippen molar-refractivity contribution in [1.29, 1.82) is 0 Å². The summed E-state index contributed by atoms with van der Waals surface area (Å²) >= 11 is 5.96. The van der Waals surface area contributed by atoms with Crippen LogP contribution in [0.5, 0.6) is 0 Å². The van der Waals surface area contributed by atoms with Crippen molar-refractivity contribution < 1.29 is 9.59 Å². The molecule has 3 aromatic carbocycles. The predicted octanol–water partition coefficient (Wildman–Crippen LogP) is 5.65. The van der Waals surface area contributed by atoms with Gasteiger partial charge in [-0.2, -0.15) is 5.10 Å². The number of anilines is 2. The molecule has 160 valence electrons. The van der Waals surface area contributed by atoms with Gasteiger partial charge in [0.25, 0.3) is 11.8 Å². The van der Waals surface area contributed by atoms with E-state index in [1.165, 1.54) is 0 Å². The zero-order valence-corrected chi connectivity index (χ0v) is 18.4. The monoisotopic (exact) mass is 444 g/mol. The largest absolute Gasteiger partial charge is 0.322 e. The molecule has 0 aliphatic heterocycles. The summed E-state index contributed by atoms with van der Waals surface area (Å²) < 4.78 is 1.80. The summed E-state index contributed by atoms with van der Waals surface area (Å²) in [5.41, 5.74) is 4.48. The maximum atomic E-state index is 12.9. The van der Waals surface area contributed by atoms with E-state index in [9.17, 15) is 9.59 Å². The number of nitrogens with zero attached hydrogens (tertiary/aromatic N) is 2. The Kier molecular flexibility index (Phi) is 6.05. The highest BCUT2D eigenvalue weighted by atomic mass is 35.5. The van der Waals surface area contributed by atoms with E-state index in [4.69, 9.17) is 11.6 Å². The lowest BCUT2D eigenvalue weighted by Gasteiger charge is -2.09. The van der Waals surface area contributed by atoms with Crippen LogP contribution >= 0.6 is 11.6 Å². The van der Waals surface area contributed by atoms with Gasteiger partial charge in [-0.15, -0.1) is 0 Å². The zero-order chi connectivity index (χ0) is 22.7. The van der Waals surface area contributed by atoms with E-state index in [0.29, 0.717) is 33.2 Å². The molecule has 0 aliphatic rings. The summed E-state index contributed by atoms with van der Waals surface area (Å²) in [6.07, 6.45) is 0. The molecule has 0 atom stereocenters. The molecule has 0 radical (unpaired) electrons. The number of amides is 2. The molecule has 0 unspecified atom stereocenters. The molecule has 0 fully saturated rings. The second-order valence-corrected chi connectivity index (χ2v) is 7.73. The Labute approximate surface area is 190 Å². The smallest absolute Gasteiger partial charge is 0.255 e. The van der Waals surface area contributed by atoms with Crippen LogP contribution in [0.15, 0.2) is 78.9 Å². The third-order valence-corrected chi connectivity index (χ3v) is 5.24. The van der Waals surface area contributed by atoms with Gasteiger partial charge in [0, 0.05) is 21.8 Å². The highest BCUT2D eigenvalue weighted by Gasteiger charge is 2.17. The summed E-state index contributed by atoms with van der Waals surface area (Å²) in [7, 11) is 0. The first-order valence-corrected chi connectivity index (χ1v) is 10.4. The van der Waals surface area contributed by atoms with Crippen molar-refractivity contribution in [1.82, 2.24) is 9.78 Å². The van der Waals surface area contributed by atoms with Crippen LogP contribution in [0, 0.1) is 13.8 Å². The number of aromatic nitrogens is 2. The van der Waals surface area contributed by atoms with Crippen LogP contribution in [-0.2, 0) is 0 Å². The Hall–Kier alpha value is -3.90. The maximum absolute atomic E-state index is 12.9. The average molecular weight is 445 g/mol. The molecule has 4 aromatic rings. The molecule has 4 rings (SSSR count). The second-order valence-electron chi connectivity index (χ2n) is 7.29. The number of rotatable bonds is 5. The minimum Gasteiger partial charge on any atom is -0.322 e. The highest BCUT2D eigenvalue weighted by Crippen LogP contribution is 2.24. The van der Waals surface area contributed by atoms with E-state index in [1.54, 1.807) is 53.2 Å². The Morgan fingerprint density at radius 2 is 1.47 bits per heavy atom. The fraction of sp³-hybridized carbons (Fsp3) is 0.0800. The van der Waals surface area contributed by atoms with Crippen LogP contribution in [0.1, 0.15) is 32.1 Å². The number of hydrogen-bond acceptors (Lipinski definition) is 3. The molecule has 2 amide bonds. The quantitative estimate of drug-likeness (QED) is 0.417. The van der Waals surface area contributed by atoms with Gasteiger partial charge in [-0.25, -0.2) is 4.68 Å². The molecular weight excluding hydrogens is 424 g/mol. The molecule has 0 saturated heterocycles. The molecule has 0 aliphatic carbocycles. The van der Waals surface area contributed by atoms with E-state index >= 15 is 0 Å². The normalized spacial score (nSPS) is 10.6. The van der Waals surface area contributed by atoms with Gasteiger partial charge in [0.2, 0.25) is 0 Å². The number of para-hydroxylation sites is 1. The lowest BCUT2D eigenvalue weighted by molar-refractivity contribution is 0.101. The first-order chi connectivity index (χ1) is 15.4. The number of hydrogen-bond donors (Lipinski definition) is 2. The zero-order valence-electron chi connectivity index (χ0n) is 17.6. The van der Waals surface area contributed by atoms with Gasteiger partial charge in [0.05, 0.1) is 22.8 Å². The van der Waals surface area contributed by atoms with E-state index in [2.05, 4.69) is 15.7 Å². The van der Waals surface area contributed by atoms with Gasteiger partial charge in [-0.1, -0.05) is 41.9 Å². The second kappa shape index (κ2) is 9.08. The van der Waals surface area contributed by atoms with Crippen molar-refractivity contribution in [3.05, 3.63) is 106 Å². The van der Waals surface area contributed by atoms with Crippen molar-refractivity contribution in [2.24, 2.45) is 0 Å². The van der Waals surface area contributed by atoms with E-state index in [0.717, 1.165) is 11.4 Å². The topological polar surface area (TPSA) is 76.0 Å². The first kappa shape index (κ1) is 21.3. The summed E-state index contributed by atoms with van der Waals surface area (Å²) in [6.45, 7) is 3.76. The third-order valence-electron chi connectivity index (χ3n) is 5.00. The van der Waals surface area contributed by atoms with Crippen molar-refractivity contribution in [2.75, 3.05) is 10.6 Å². The molecule has 1 aromatic heterocycles. The Bertz CT molecular complexity index is 1300. The van der Waals surface area contributed by atoms with Crippen LogP contribution in [0.3, 0.4) is 0 Å². The van der Waals surface area contributed by atoms with Gasteiger partial charge in [0.1, 0.15) is 0 Å². The summed E-state index contributed by atoms with van der Waals surface area (Å²) in [5.74, 6) is -0.594. The SMILES string of the molecule is Cc1nn(-c2ccccc2)c(C)c1NC(=O)c1cccc(NC(=O)c2cccc(Cl)c2)c1. The molecule has 7 heteroatoms. The fourth-order valence-corrected chi connectivity index (χ4v) is 3.59. The predicted molar refractivity (Wildman–Crippen MR) is 127 cm³/mol. The van der Waals surface area contributed by atoms with Gasteiger partial charge < -0.3 is 10.6 Å². The molecule has 0 spiro atoms. The van der Waals surface area contributed by atoms with Crippen LogP contribution in [0.2, 0.25) is 5.02 Å². The Morgan fingerprint density at radius 3 is 2.19 bits per heavy atom. The van der Waals surface area contributed by atoms with Crippen molar-refractivity contribution in [2.45, 2.75) is 13.8 Å². The van der Waals surface area contributed by atoms with Crippen LogP contribution in [0.25, 0.3) is 5.69 Å². The van der Waals surface area contributed by atoms with Crippen LogP contribution in [-0.4, -0.2) is 21.6 Å². The van der Waals surface area contributed by atoms with Gasteiger partial charge in [-0.3, -0.25) is 9.59 Å². The maximum Gasteiger partial charge on any atom is 0.255 e. The Morgan fingerprint density at radius 1 is 0.812 bits per heavy atom. The molecule has 0 saturated carbocycles. The van der Waals surface area contributed by atoms with Gasteiger partial charge in [-0.05, 0) is 62.4 Å². The summed E-state index contributed by atoms with van der Waals surface area (Å²) in [5, 5.41) is 10.8. The minimum absolute atomic E-state index is 0.289. The van der Waals surface area contributed by atoms with E-state index in [1.807, 2.05) is 44.2 Å². The van der Waals surface area contributed by atoms with Crippen LogP contribution < -0.4 is 10.6 Å². The van der Waals surface area contributed by atoms with Crippen molar-refractivity contribution >= 4 is 34.8 Å². The molecule has 6 nitrogen and oxygen atoms in total. The number of aryl methyl sites for hydroxylation is 1. The summed E-state index contributed by atoms with van der Waals surface area (Å²) in [4.78, 5) is 25.4. The lowest BCUT2D eigenvalue weighted by atomic mass is 10.1. The fourth-order valence-electron chi connectivity index (χ4n) is 3.40.